The monoisotopic (exact) mass is 474 g/mol. The average molecular weight is 476 g/mol. The van der Waals surface area contributed by atoms with Gasteiger partial charge >= 0.3 is 0 Å². The quantitative estimate of drug-likeness (QED) is 0.382. The normalized spacial score (nSPS) is 25.0. The van der Waals surface area contributed by atoms with Crippen LogP contribution in [0, 0.1) is 0 Å². The minimum absolute atomic E-state index is 0.142. The maximum atomic E-state index is 13.3. The number of carbonyl (C=O) groups is 1. The molecule has 1 aromatic carbocycles. The molecule has 1 aromatic rings. The Balaban J connectivity index is 1.85. The van der Waals surface area contributed by atoms with Crippen molar-refractivity contribution < 1.29 is 4.79 Å². The molecular formula is C22H32Cl2N2OS2. The largest absolute Gasteiger partial charge is 0.341 e. The Hall–Kier alpha value is -0.0700. The maximum absolute atomic E-state index is 13.3. The van der Waals surface area contributed by atoms with Crippen LogP contribution in [0.4, 0.5) is 0 Å². The topological polar surface area (TPSA) is 23.6 Å². The molecule has 0 N–H and O–H groups in total. The molecular weight excluding hydrogens is 443 g/mol. The van der Waals surface area contributed by atoms with Gasteiger partial charge in [-0.15, -0.1) is 23.5 Å². The van der Waals surface area contributed by atoms with E-state index in [0.29, 0.717) is 22.5 Å². The second-order valence-corrected chi connectivity index (χ2v) is 11.5. The van der Waals surface area contributed by atoms with Crippen LogP contribution in [0.15, 0.2) is 18.2 Å². The van der Waals surface area contributed by atoms with Crippen molar-refractivity contribution in [2.24, 2.45) is 0 Å². The molecule has 1 heterocycles. The molecule has 3 rings (SSSR count). The first-order valence-corrected chi connectivity index (χ1v) is 13.7. The highest BCUT2D eigenvalue weighted by Gasteiger charge is 2.48. The molecule has 1 amide bonds. The number of rotatable bonds is 6. The molecule has 0 radical (unpaired) electrons. The van der Waals surface area contributed by atoms with Crippen molar-refractivity contribution >= 4 is 52.6 Å². The highest BCUT2D eigenvalue weighted by molar-refractivity contribution is 8.17. The molecule has 29 heavy (non-hydrogen) atoms. The summed E-state index contributed by atoms with van der Waals surface area (Å²) in [5.41, 5.74) is 0.920. The van der Waals surface area contributed by atoms with Crippen molar-refractivity contribution in [3.63, 3.8) is 0 Å². The fourth-order valence-corrected chi connectivity index (χ4v) is 7.71. The van der Waals surface area contributed by atoms with E-state index in [9.17, 15) is 4.79 Å². The van der Waals surface area contributed by atoms with Crippen LogP contribution in [0.25, 0.3) is 0 Å². The summed E-state index contributed by atoms with van der Waals surface area (Å²) in [4.78, 5) is 18.0. The third-order valence-corrected chi connectivity index (χ3v) is 10.6. The number of nitrogens with zero attached hydrogens (tertiary/aromatic N) is 2. The summed E-state index contributed by atoms with van der Waals surface area (Å²) in [6.07, 6.45) is 12.1. The summed E-state index contributed by atoms with van der Waals surface area (Å²) in [5, 5.41) is 1.03. The predicted molar refractivity (Wildman–Crippen MR) is 130 cm³/mol. The standard InChI is InChI=1S/C22H32Cl2N2OS2/c1-25(20(27)15-16-9-10-17(23)18(24)14-16)19-8-4-5-11-22(28-2,29-3)21(19)26-12-6-7-13-26/h9-10,14,19,21H,4-8,11-13,15H2,1-3H3. The molecule has 162 valence electrons. The summed E-state index contributed by atoms with van der Waals surface area (Å²) in [6, 6.07) is 6.12. The van der Waals surface area contributed by atoms with Gasteiger partial charge in [0.05, 0.1) is 26.6 Å². The van der Waals surface area contributed by atoms with E-state index >= 15 is 0 Å². The van der Waals surface area contributed by atoms with Crippen molar-refractivity contribution in [3.05, 3.63) is 33.8 Å². The van der Waals surface area contributed by atoms with Crippen LogP contribution in [0.2, 0.25) is 10.0 Å². The first kappa shape index (κ1) is 23.6. The Bertz CT molecular complexity index is 708. The zero-order chi connectivity index (χ0) is 21.0. The summed E-state index contributed by atoms with van der Waals surface area (Å²) in [5.74, 6) is 0.163. The Morgan fingerprint density at radius 2 is 1.83 bits per heavy atom. The SMILES string of the molecule is CSC1(SC)CCCCC(N(C)C(=O)Cc2ccc(Cl)c(Cl)c2)C1N1CCCC1. The van der Waals surface area contributed by atoms with Crippen LogP contribution in [-0.4, -0.2) is 64.5 Å². The van der Waals surface area contributed by atoms with Crippen LogP contribution in [-0.2, 0) is 11.2 Å². The molecule has 1 aliphatic heterocycles. The molecule has 0 spiro atoms. The lowest BCUT2D eigenvalue weighted by atomic mass is 9.98. The van der Waals surface area contributed by atoms with E-state index < -0.39 is 0 Å². The first-order valence-electron chi connectivity index (χ1n) is 10.5. The van der Waals surface area contributed by atoms with Gasteiger partial charge in [-0.1, -0.05) is 42.1 Å². The predicted octanol–water partition coefficient (Wildman–Crippen LogP) is 5.82. The first-order chi connectivity index (χ1) is 13.9. The van der Waals surface area contributed by atoms with E-state index in [4.69, 9.17) is 23.2 Å². The number of likely N-dealkylation sites (N-methyl/N-ethyl adjacent to an activating group) is 1. The van der Waals surface area contributed by atoms with Crippen LogP contribution >= 0.6 is 46.7 Å². The van der Waals surface area contributed by atoms with Gasteiger partial charge in [0.2, 0.25) is 5.91 Å². The van der Waals surface area contributed by atoms with Crippen LogP contribution in [0.3, 0.4) is 0 Å². The fraction of sp³-hybridized carbons (Fsp3) is 0.682. The summed E-state index contributed by atoms with van der Waals surface area (Å²) in [6.45, 7) is 2.30. The molecule has 0 bridgehead atoms. The highest BCUT2D eigenvalue weighted by atomic mass is 35.5. The van der Waals surface area contributed by atoms with Gasteiger partial charge in [-0.2, -0.15) is 0 Å². The van der Waals surface area contributed by atoms with Gasteiger partial charge in [0.25, 0.3) is 0 Å². The molecule has 7 heteroatoms. The van der Waals surface area contributed by atoms with Gasteiger partial charge < -0.3 is 4.90 Å². The smallest absolute Gasteiger partial charge is 0.227 e. The third kappa shape index (κ3) is 5.23. The van der Waals surface area contributed by atoms with Crippen LogP contribution < -0.4 is 0 Å². The second-order valence-electron chi connectivity index (χ2n) is 8.15. The van der Waals surface area contributed by atoms with Gasteiger partial charge in [-0.05, 0) is 69.0 Å². The average Bonchev–Trinajstić information content (AvgIpc) is 3.17. The van der Waals surface area contributed by atoms with E-state index in [0.717, 1.165) is 25.1 Å². The number of hydrogen-bond acceptors (Lipinski definition) is 4. The Kier molecular flexibility index (Phi) is 8.54. The van der Waals surface area contributed by atoms with Gasteiger partial charge in [0.1, 0.15) is 0 Å². The number of amides is 1. The lowest BCUT2D eigenvalue weighted by Gasteiger charge is -2.48. The highest BCUT2D eigenvalue weighted by Crippen LogP contribution is 2.49. The van der Waals surface area contributed by atoms with E-state index in [1.807, 2.05) is 47.6 Å². The molecule has 3 nitrogen and oxygen atoms in total. The number of likely N-dealkylation sites (tertiary alicyclic amines) is 1. The lowest BCUT2D eigenvalue weighted by molar-refractivity contribution is -0.132. The lowest BCUT2D eigenvalue weighted by Crippen LogP contribution is -2.59. The number of hydrogen-bond donors (Lipinski definition) is 0. The van der Waals surface area contributed by atoms with Crippen molar-refractivity contribution in [1.29, 1.82) is 0 Å². The molecule has 0 aromatic heterocycles. The zero-order valence-electron chi connectivity index (χ0n) is 17.6. The van der Waals surface area contributed by atoms with Gasteiger partial charge in [0.15, 0.2) is 0 Å². The van der Waals surface area contributed by atoms with Gasteiger partial charge in [-0.25, -0.2) is 0 Å². The minimum Gasteiger partial charge on any atom is -0.341 e. The summed E-state index contributed by atoms with van der Waals surface area (Å²) in [7, 11) is 2.00. The summed E-state index contributed by atoms with van der Waals surface area (Å²) < 4.78 is 0.142. The van der Waals surface area contributed by atoms with Crippen molar-refractivity contribution in [2.45, 2.75) is 61.1 Å². The molecule has 1 aliphatic carbocycles. The van der Waals surface area contributed by atoms with Crippen molar-refractivity contribution in [1.82, 2.24) is 9.80 Å². The third-order valence-electron chi connectivity index (χ3n) is 6.55. The van der Waals surface area contributed by atoms with Gasteiger partial charge in [0, 0.05) is 13.1 Å². The van der Waals surface area contributed by atoms with E-state index in [1.54, 1.807) is 6.07 Å². The maximum Gasteiger partial charge on any atom is 0.227 e. The molecule has 2 fully saturated rings. The minimum atomic E-state index is 0.142. The number of thioether (sulfide) groups is 2. The number of halogens is 2. The van der Waals surface area contributed by atoms with E-state index in [1.165, 1.54) is 32.1 Å². The Morgan fingerprint density at radius 3 is 2.45 bits per heavy atom. The molecule has 1 saturated carbocycles. The Labute approximate surface area is 194 Å². The van der Waals surface area contributed by atoms with E-state index in [-0.39, 0.29) is 16.0 Å². The van der Waals surface area contributed by atoms with Crippen LogP contribution in [0.5, 0.6) is 0 Å². The van der Waals surface area contributed by atoms with Gasteiger partial charge in [-0.3, -0.25) is 9.69 Å². The molecule has 2 unspecified atom stereocenters. The van der Waals surface area contributed by atoms with Crippen molar-refractivity contribution in [3.8, 4) is 0 Å². The van der Waals surface area contributed by atoms with E-state index in [2.05, 4.69) is 17.4 Å². The zero-order valence-corrected chi connectivity index (χ0v) is 20.8. The fourth-order valence-electron chi connectivity index (χ4n) is 4.93. The number of benzene rings is 1. The van der Waals surface area contributed by atoms with Crippen LogP contribution in [0.1, 0.15) is 44.1 Å². The van der Waals surface area contributed by atoms with Crippen molar-refractivity contribution in [2.75, 3.05) is 32.6 Å². The Morgan fingerprint density at radius 1 is 1.14 bits per heavy atom. The second kappa shape index (κ2) is 10.5. The molecule has 2 atom stereocenters. The number of carbonyl (C=O) groups excluding carboxylic acids is 1. The summed E-state index contributed by atoms with van der Waals surface area (Å²) >= 11 is 16.2. The molecule has 2 aliphatic rings. The molecule has 1 saturated heterocycles.